The molecular formula is C9H18F2N2O2S. The summed E-state index contributed by atoms with van der Waals surface area (Å²) in [5.74, 6) is -0.0773. The third-order valence-corrected chi connectivity index (χ3v) is 3.74. The number of nitrogens with one attached hydrogen (secondary N) is 2. The van der Waals surface area contributed by atoms with Crippen LogP contribution in [0.4, 0.5) is 8.78 Å². The number of halogens is 2. The fraction of sp³-hybridized carbons (Fsp3) is 1.00. The van der Waals surface area contributed by atoms with Gasteiger partial charge in [-0.05, 0) is 32.2 Å². The highest BCUT2D eigenvalue weighted by molar-refractivity contribution is 7.89. The van der Waals surface area contributed by atoms with Crippen LogP contribution in [0.25, 0.3) is 0 Å². The largest absolute Gasteiger partial charge is 0.314 e. The monoisotopic (exact) mass is 256 g/mol. The number of alkyl halides is 2. The van der Waals surface area contributed by atoms with Gasteiger partial charge in [0, 0.05) is 6.04 Å². The molecule has 0 bridgehead atoms. The zero-order valence-electron chi connectivity index (χ0n) is 9.09. The van der Waals surface area contributed by atoms with Gasteiger partial charge in [0.2, 0.25) is 10.0 Å². The molecule has 1 aliphatic rings. The third kappa shape index (κ3) is 7.08. The van der Waals surface area contributed by atoms with Crippen LogP contribution in [0.3, 0.4) is 0 Å². The summed E-state index contributed by atoms with van der Waals surface area (Å²) in [6.45, 7) is 0.0116. The summed E-state index contributed by atoms with van der Waals surface area (Å²) in [6, 6.07) is 0.619. The van der Waals surface area contributed by atoms with Crippen LogP contribution in [-0.4, -0.2) is 39.7 Å². The Hall–Kier alpha value is -0.270. The average molecular weight is 256 g/mol. The zero-order chi connectivity index (χ0) is 12.0. The van der Waals surface area contributed by atoms with Gasteiger partial charge in [0.1, 0.15) is 0 Å². The van der Waals surface area contributed by atoms with Crippen LogP contribution >= 0.6 is 0 Å². The predicted molar refractivity (Wildman–Crippen MR) is 58.1 cm³/mol. The normalized spacial score (nSPS) is 16.9. The lowest BCUT2D eigenvalue weighted by atomic mass is 10.3. The van der Waals surface area contributed by atoms with Crippen molar-refractivity contribution in [1.82, 2.24) is 10.0 Å². The van der Waals surface area contributed by atoms with Gasteiger partial charge in [-0.3, -0.25) is 0 Å². The van der Waals surface area contributed by atoms with Gasteiger partial charge in [-0.15, -0.1) is 0 Å². The Kier molecular flexibility index (Phi) is 5.57. The molecule has 1 fully saturated rings. The summed E-state index contributed by atoms with van der Waals surface area (Å²) in [6.07, 6.45) is 1.03. The molecule has 0 amide bonds. The van der Waals surface area contributed by atoms with Crippen LogP contribution < -0.4 is 10.0 Å². The highest BCUT2D eigenvalue weighted by atomic mass is 32.2. The third-order valence-electron chi connectivity index (χ3n) is 2.31. The van der Waals surface area contributed by atoms with Crippen LogP contribution in [-0.2, 0) is 10.0 Å². The predicted octanol–water partition coefficient (Wildman–Crippen LogP) is 0.703. The van der Waals surface area contributed by atoms with Crippen molar-refractivity contribution >= 4 is 10.0 Å². The molecular weight excluding hydrogens is 238 g/mol. The van der Waals surface area contributed by atoms with E-state index in [-0.39, 0.29) is 5.75 Å². The average Bonchev–Trinajstić information content (AvgIpc) is 2.98. The molecule has 0 spiro atoms. The minimum Gasteiger partial charge on any atom is -0.314 e. The van der Waals surface area contributed by atoms with E-state index < -0.39 is 23.0 Å². The van der Waals surface area contributed by atoms with Crippen LogP contribution in [0.15, 0.2) is 0 Å². The first-order valence-corrected chi connectivity index (χ1v) is 7.14. The summed E-state index contributed by atoms with van der Waals surface area (Å²) in [5, 5.41) is 3.26. The molecule has 7 heteroatoms. The topological polar surface area (TPSA) is 58.2 Å². The smallest absolute Gasteiger partial charge is 0.251 e. The first-order valence-electron chi connectivity index (χ1n) is 5.48. The maximum Gasteiger partial charge on any atom is 0.251 e. The van der Waals surface area contributed by atoms with E-state index in [0.717, 1.165) is 13.0 Å². The van der Waals surface area contributed by atoms with E-state index in [0.29, 0.717) is 12.5 Å². The summed E-state index contributed by atoms with van der Waals surface area (Å²) in [4.78, 5) is 0. The first-order chi connectivity index (χ1) is 7.49. The quantitative estimate of drug-likeness (QED) is 0.597. The molecule has 0 unspecified atom stereocenters. The molecule has 0 saturated heterocycles. The second-order valence-corrected chi connectivity index (χ2v) is 5.92. The van der Waals surface area contributed by atoms with Crippen molar-refractivity contribution in [3.05, 3.63) is 0 Å². The van der Waals surface area contributed by atoms with Crippen molar-refractivity contribution in [2.45, 2.75) is 38.2 Å². The second kappa shape index (κ2) is 6.46. The first kappa shape index (κ1) is 13.8. The molecule has 1 aliphatic carbocycles. The number of hydrogen-bond donors (Lipinski definition) is 2. The lowest BCUT2D eigenvalue weighted by molar-refractivity contribution is 0.153. The van der Waals surface area contributed by atoms with E-state index in [2.05, 4.69) is 5.32 Å². The molecule has 0 aromatic carbocycles. The maximum atomic E-state index is 11.8. The van der Waals surface area contributed by atoms with E-state index in [4.69, 9.17) is 0 Å². The molecule has 96 valence electrons. The van der Waals surface area contributed by atoms with Crippen molar-refractivity contribution in [1.29, 1.82) is 0 Å². The Morgan fingerprint density at radius 2 is 1.94 bits per heavy atom. The van der Waals surface area contributed by atoms with E-state index >= 15 is 0 Å². The van der Waals surface area contributed by atoms with Crippen molar-refractivity contribution in [3.63, 3.8) is 0 Å². The summed E-state index contributed by atoms with van der Waals surface area (Å²) >= 11 is 0. The molecule has 16 heavy (non-hydrogen) atoms. The van der Waals surface area contributed by atoms with Gasteiger partial charge >= 0.3 is 0 Å². The molecule has 0 aromatic heterocycles. The fourth-order valence-corrected chi connectivity index (χ4v) is 2.38. The number of unbranched alkanes of at least 4 members (excludes halogenated alkanes) is 1. The van der Waals surface area contributed by atoms with Gasteiger partial charge in [0.25, 0.3) is 6.43 Å². The highest BCUT2D eigenvalue weighted by Crippen LogP contribution is 2.18. The molecule has 0 heterocycles. The standard InChI is InChI=1S/C9H18F2N2O2S/c10-9(11)7-13-16(14,15)6-2-1-5-12-8-3-4-8/h8-9,12-13H,1-7H2. The molecule has 1 rings (SSSR count). The molecule has 0 aliphatic heterocycles. The molecule has 4 nitrogen and oxygen atoms in total. The van der Waals surface area contributed by atoms with Crippen LogP contribution in [0, 0.1) is 0 Å². The van der Waals surface area contributed by atoms with Crippen LogP contribution in [0.1, 0.15) is 25.7 Å². The Morgan fingerprint density at radius 3 is 2.50 bits per heavy atom. The molecule has 0 aromatic rings. The lowest BCUT2D eigenvalue weighted by Crippen LogP contribution is -2.31. The number of hydrogen-bond acceptors (Lipinski definition) is 3. The highest BCUT2D eigenvalue weighted by Gasteiger charge is 2.19. The minimum atomic E-state index is -3.52. The van der Waals surface area contributed by atoms with E-state index in [1.807, 2.05) is 4.72 Å². The van der Waals surface area contributed by atoms with Gasteiger partial charge in [0.05, 0.1) is 12.3 Å². The summed E-state index contributed by atoms with van der Waals surface area (Å²) in [5.41, 5.74) is 0. The maximum absolute atomic E-state index is 11.8. The summed E-state index contributed by atoms with van der Waals surface area (Å²) in [7, 11) is -3.52. The van der Waals surface area contributed by atoms with Crippen molar-refractivity contribution in [2.75, 3.05) is 18.8 Å². The van der Waals surface area contributed by atoms with Gasteiger partial charge in [-0.2, -0.15) is 0 Å². The van der Waals surface area contributed by atoms with Crippen molar-refractivity contribution < 1.29 is 17.2 Å². The van der Waals surface area contributed by atoms with Crippen LogP contribution in [0.5, 0.6) is 0 Å². The van der Waals surface area contributed by atoms with E-state index in [1.54, 1.807) is 0 Å². The molecule has 0 atom stereocenters. The lowest BCUT2D eigenvalue weighted by Gasteiger charge is -2.06. The molecule has 1 saturated carbocycles. The van der Waals surface area contributed by atoms with Gasteiger partial charge in [0.15, 0.2) is 0 Å². The molecule has 2 N–H and O–H groups in total. The van der Waals surface area contributed by atoms with Gasteiger partial charge in [-0.1, -0.05) is 0 Å². The van der Waals surface area contributed by atoms with Gasteiger partial charge < -0.3 is 5.32 Å². The minimum absolute atomic E-state index is 0.0773. The van der Waals surface area contributed by atoms with Crippen molar-refractivity contribution in [2.24, 2.45) is 0 Å². The Bertz CT molecular complexity index is 292. The van der Waals surface area contributed by atoms with Crippen molar-refractivity contribution in [3.8, 4) is 0 Å². The van der Waals surface area contributed by atoms with Gasteiger partial charge in [-0.25, -0.2) is 21.9 Å². The Labute approximate surface area is 94.8 Å². The fourth-order valence-electron chi connectivity index (χ4n) is 1.27. The van der Waals surface area contributed by atoms with E-state index in [9.17, 15) is 17.2 Å². The zero-order valence-corrected chi connectivity index (χ0v) is 9.90. The number of rotatable bonds is 9. The second-order valence-electron chi connectivity index (χ2n) is 3.99. The van der Waals surface area contributed by atoms with E-state index in [1.165, 1.54) is 12.8 Å². The number of sulfonamides is 1. The SMILES string of the molecule is O=S(=O)(CCCCNC1CC1)NCC(F)F. The molecule has 0 radical (unpaired) electrons. The van der Waals surface area contributed by atoms with Crippen LogP contribution in [0.2, 0.25) is 0 Å². The summed E-state index contributed by atoms with van der Waals surface area (Å²) < 4.78 is 47.8. The Balaban J connectivity index is 2.00. The Morgan fingerprint density at radius 1 is 1.25 bits per heavy atom.